The smallest absolute Gasteiger partial charge is 0 e. The molecule has 0 atom stereocenters. The molecular formula is C21H42O. The standard InChI is InChI=1S/C21H36.H2O.2H2/c1-3-17-6-10-19(11-7-17)21-14-12-20(13-15-21)18-8-4-16(2)5-9-18;;;/h3,16-21H,1,4-15H2,2H3;1H2;2*1H. The van der Waals surface area contributed by atoms with Crippen molar-refractivity contribution in [1.82, 2.24) is 0 Å². The molecule has 0 aromatic heterocycles. The van der Waals surface area contributed by atoms with E-state index in [9.17, 15) is 0 Å². The minimum atomic E-state index is 0. The topological polar surface area (TPSA) is 31.5 Å². The summed E-state index contributed by atoms with van der Waals surface area (Å²) in [7, 11) is 0. The van der Waals surface area contributed by atoms with E-state index in [1.54, 1.807) is 38.5 Å². The third-order valence-electron chi connectivity index (χ3n) is 7.36. The summed E-state index contributed by atoms with van der Waals surface area (Å²) in [5.41, 5.74) is 0. The first kappa shape index (κ1) is 18.0. The maximum atomic E-state index is 3.99. The highest BCUT2D eigenvalue weighted by molar-refractivity contribution is 4.88. The van der Waals surface area contributed by atoms with Gasteiger partial charge in [-0.05, 0) is 99.7 Å². The molecule has 0 amide bonds. The zero-order chi connectivity index (χ0) is 14.7. The molecule has 0 bridgehead atoms. The summed E-state index contributed by atoms with van der Waals surface area (Å²) in [6.45, 7) is 6.44. The van der Waals surface area contributed by atoms with Crippen LogP contribution in [0, 0.1) is 35.5 Å². The van der Waals surface area contributed by atoms with E-state index in [4.69, 9.17) is 0 Å². The predicted octanol–water partition coefficient (Wildman–Crippen LogP) is 6.28. The molecule has 0 saturated heterocycles. The van der Waals surface area contributed by atoms with Gasteiger partial charge in [-0.3, -0.25) is 0 Å². The number of rotatable bonds is 3. The van der Waals surface area contributed by atoms with E-state index in [1.165, 1.54) is 38.5 Å². The molecule has 3 rings (SSSR count). The summed E-state index contributed by atoms with van der Waals surface area (Å²) < 4.78 is 0. The molecule has 0 unspecified atom stereocenters. The van der Waals surface area contributed by atoms with Gasteiger partial charge in [-0.15, -0.1) is 6.58 Å². The second-order valence-corrected chi connectivity index (χ2v) is 8.61. The van der Waals surface area contributed by atoms with Gasteiger partial charge in [-0.2, -0.15) is 0 Å². The zero-order valence-electron chi connectivity index (χ0n) is 14.7. The lowest BCUT2D eigenvalue weighted by molar-refractivity contribution is 0.110. The monoisotopic (exact) mass is 310 g/mol. The Labute approximate surface area is 141 Å². The van der Waals surface area contributed by atoms with Crippen molar-refractivity contribution < 1.29 is 8.33 Å². The summed E-state index contributed by atoms with van der Waals surface area (Å²) in [5, 5.41) is 0. The first-order chi connectivity index (χ1) is 10.3. The average molecular weight is 311 g/mol. The Hall–Kier alpha value is -0.300. The van der Waals surface area contributed by atoms with Gasteiger partial charge in [0.25, 0.3) is 0 Å². The van der Waals surface area contributed by atoms with E-state index in [2.05, 4.69) is 19.6 Å². The Kier molecular flexibility index (Phi) is 6.99. The Morgan fingerprint density at radius 1 is 0.636 bits per heavy atom. The zero-order valence-corrected chi connectivity index (χ0v) is 14.7. The van der Waals surface area contributed by atoms with Gasteiger partial charge >= 0.3 is 0 Å². The normalized spacial score (nSPS) is 43.1. The van der Waals surface area contributed by atoms with Gasteiger partial charge in [0, 0.05) is 2.85 Å². The summed E-state index contributed by atoms with van der Waals surface area (Å²) in [6.07, 6.45) is 20.4. The van der Waals surface area contributed by atoms with Crippen molar-refractivity contribution in [2.75, 3.05) is 0 Å². The van der Waals surface area contributed by atoms with Crippen LogP contribution in [0.5, 0.6) is 0 Å². The second kappa shape index (κ2) is 8.52. The lowest BCUT2D eigenvalue weighted by atomic mass is 9.65. The highest BCUT2D eigenvalue weighted by Gasteiger charge is 2.33. The largest absolute Gasteiger partial charge is 0.412 e. The fourth-order valence-corrected chi connectivity index (χ4v) is 5.70. The number of allylic oxidation sites excluding steroid dienone is 1. The van der Waals surface area contributed by atoms with E-state index in [0.717, 1.165) is 35.5 Å². The molecule has 22 heavy (non-hydrogen) atoms. The fraction of sp³-hybridized carbons (Fsp3) is 0.905. The van der Waals surface area contributed by atoms with E-state index >= 15 is 0 Å². The predicted molar refractivity (Wildman–Crippen MR) is 100 cm³/mol. The van der Waals surface area contributed by atoms with Crippen molar-refractivity contribution in [2.45, 2.75) is 84.0 Å². The Morgan fingerprint density at radius 2 is 0.955 bits per heavy atom. The molecule has 2 N–H and O–H groups in total. The highest BCUT2D eigenvalue weighted by atomic mass is 16.0. The lowest BCUT2D eigenvalue weighted by Gasteiger charge is -2.41. The van der Waals surface area contributed by atoms with Crippen LogP contribution in [0.3, 0.4) is 0 Å². The quantitative estimate of drug-likeness (QED) is 0.549. The van der Waals surface area contributed by atoms with Crippen LogP contribution < -0.4 is 0 Å². The SMILES string of the molecule is C=CC1CCC(C2CCC(C3CCC(C)CC3)CC2)CC1.O.[HH].[HH]. The Morgan fingerprint density at radius 3 is 1.32 bits per heavy atom. The van der Waals surface area contributed by atoms with Gasteiger partial charge in [0.2, 0.25) is 0 Å². The van der Waals surface area contributed by atoms with Crippen molar-refractivity contribution in [3.05, 3.63) is 12.7 Å². The van der Waals surface area contributed by atoms with E-state index in [0.29, 0.717) is 0 Å². The maximum absolute atomic E-state index is 3.99. The van der Waals surface area contributed by atoms with Gasteiger partial charge in [-0.1, -0.05) is 25.8 Å². The first-order valence-corrected chi connectivity index (χ1v) is 9.88. The van der Waals surface area contributed by atoms with E-state index in [1.807, 2.05) is 0 Å². The number of hydrogen-bond acceptors (Lipinski definition) is 0. The van der Waals surface area contributed by atoms with Crippen LogP contribution in [0.4, 0.5) is 0 Å². The maximum Gasteiger partial charge on any atom is 0 e. The van der Waals surface area contributed by atoms with Crippen LogP contribution in [0.25, 0.3) is 0 Å². The van der Waals surface area contributed by atoms with Crippen molar-refractivity contribution >= 4 is 0 Å². The fourth-order valence-electron chi connectivity index (χ4n) is 5.70. The van der Waals surface area contributed by atoms with Crippen molar-refractivity contribution in [1.29, 1.82) is 0 Å². The minimum Gasteiger partial charge on any atom is -0.412 e. The van der Waals surface area contributed by atoms with Crippen molar-refractivity contribution in [3.8, 4) is 0 Å². The van der Waals surface area contributed by atoms with Gasteiger partial charge in [0.1, 0.15) is 0 Å². The summed E-state index contributed by atoms with van der Waals surface area (Å²) >= 11 is 0. The molecule has 1 nitrogen and oxygen atoms in total. The first-order valence-electron chi connectivity index (χ1n) is 9.88. The van der Waals surface area contributed by atoms with E-state index < -0.39 is 0 Å². The summed E-state index contributed by atoms with van der Waals surface area (Å²) in [4.78, 5) is 0. The molecule has 0 aliphatic heterocycles. The molecule has 132 valence electrons. The highest BCUT2D eigenvalue weighted by Crippen LogP contribution is 2.45. The minimum absolute atomic E-state index is 0. The Balaban J connectivity index is 0.00000176. The third-order valence-corrected chi connectivity index (χ3v) is 7.36. The molecule has 0 radical (unpaired) electrons. The molecule has 3 fully saturated rings. The molecule has 1 heteroatoms. The van der Waals surface area contributed by atoms with Crippen LogP contribution in [-0.2, 0) is 0 Å². The van der Waals surface area contributed by atoms with Gasteiger partial charge in [0.15, 0.2) is 0 Å². The van der Waals surface area contributed by atoms with Crippen LogP contribution >= 0.6 is 0 Å². The molecule has 0 spiro atoms. The molecule has 0 aromatic rings. The molecule has 0 aromatic carbocycles. The van der Waals surface area contributed by atoms with Gasteiger partial charge in [-0.25, -0.2) is 0 Å². The van der Waals surface area contributed by atoms with Crippen LogP contribution in [0.2, 0.25) is 0 Å². The van der Waals surface area contributed by atoms with Crippen molar-refractivity contribution in [3.63, 3.8) is 0 Å². The average Bonchev–Trinajstić information content (AvgIpc) is 2.56. The Bertz CT molecular complexity index is 323. The summed E-state index contributed by atoms with van der Waals surface area (Å²) in [5.74, 6) is 6.18. The lowest BCUT2D eigenvalue weighted by Crippen LogP contribution is -2.29. The van der Waals surface area contributed by atoms with E-state index in [-0.39, 0.29) is 8.33 Å². The molecule has 3 saturated carbocycles. The van der Waals surface area contributed by atoms with Crippen molar-refractivity contribution in [2.24, 2.45) is 35.5 Å². The second-order valence-electron chi connectivity index (χ2n) is 8.61. The molecule has 0 heterocycles. The van der Waals surface area contributed by atoms with Crippen LogP contribution in [0.15, 0.2) is 12.7 Å². The summed E-state index contributed by atoms with van der Waals surface area (Å²) in [6, 6.07) is 0. The van der Waals surface area contributed by atoms with Crippen LogP contribution in [0.1, 0.15) is 86.8 Å². The molecule has 3 aliphatic carbocycles. The molecule has 3 aliphatic rings. The van der Waals surface area contributed by atoms with Gasteiger partial charge < -0.3 is 5.48 Å². The van der Waals surface area contributed by atoms with Crippen LogP contribution in [-0.4, -0.2) is 5.48 Å². The van der Waals surface area contributed by atoms with Gasteiger partial charge in [0.05, 0.1) is 0 Å². The number of hydrogen-bond donors (Lipinski definition) is 0. The molecular weight excluding hydrogens is 268 g/mol. The third kappa shape index (κ3) is 4.37.